The fourth-order valence-electron chi connectivity index (χ4n) is 10.2. The van der Waals surface area contributed by atoms with Gasteiger partial charge in [-0.2, -0.15) is 0 Å². The molecule has 0 bridgehead atoms. The Bertz CT molecular complexity index is 898. The molecule has 4 N–H and O–H groups in total. The molecule has 0 aliphatic rings. The maximum atomic E-state index is 12.6. The minimum atomic E-state index is -1.07. The van der Waals surface area contributed by atoms with Crippen LogP contribution in [-0.4, -0.2) is 46.1 Å². The van der Waals surface area contributed by atoms with Crippen LogP contribution >= 0.6 is 0 Å². The smallest absolute Gasteiger partial charge is 0.249 e. The molecule has 0 aromatic heterocycles. The molecule has 0 saturated heterocycles. The van der Waals surface area contributed by atoms with E-state index >= 15 is 0 Å². The molecule has 0 aromatic carbocycles. The summed E-state index contributed by atoms with van der Waals surface area (Å²) < 4.78 is 0. The van der Waals surface area contributed by atoms with E-state index < -0.39 is 24.2 Å². The Kier molecular flexibility index (Phi) is 56.4. The van der Waals surface area contributed by atoms with E-state index in [1.165, 1.54) is 302 Å². The van der Waals surface area contributed by atoms with Gasteiger partial charge in [0.15, 0.2) is 0 Å². The molecule has 0 heterocycles. The number of nitrogens with one attached hydrogen (secondary N) is 1. The molecule has 1 amide bonds. The second kappa shape index (κ2) is 56.9. The zero-order valence-corrected chi connectivity index (χ0v) is 45.4. The van der Waals surface area contributed by atoms with E-state index in [0.29, 0.717) is 12.8 Å². The number of aliphatic hydroxyl groups is 3. The van der Waals surface area contributed by atoms with E-state index in [9.17, 15) is 20.1 Å². The monoisotopic (exact) mass is 934 g/mol. The Balaban J connectivity index is 3.46. The minimum Gasteiger partial charge on any atom is -0.394 e. The van der Waals surface area contributed by atoms with Crippen molar-refractivity contribution < 1.29 is 20.1 Å². The Morgan fingerprint density at radius 1 is 0.303 bits per heavy atom. The van der Waals surface area contributed by atoms with E-state index in [2.05, 4.69) is 19.2 Å². The first kappa shape index (κ1) is 65.3. The van der Waals surface area contributed by atoms with Crippen molar-refractivity contribution >= 4 is 5.91 Å². The van der Waals surface area contributed by atoms with Gasteiger partial charge in [-0.05, 0) is 12.8 Å². The molecule has 0 fully saturated rings. The summed E-state index contributed by atoms with van der Waals surface area (Å²) in [5.41, 5.74) is 0. The molecule has 0 aliphatic heterocycles. The molecule has 5 nitrogen and oxygen atoms in total. The van der Waals surface area contributed by atoms with Gasteiger partial charge in [0.05, 0.1) is 18.8 Å². The maximum absolute atomic E-state index is 12.6. The van der Waals surface area contributed by atoms with Gasteiger partial charge in [-0.3, -0.25) is 4.79 Å². The lowest BCUT2D eigenvalue weighted by molar-refractivity contribution is -0.131. The Labute approximate surface area is 415 Å². The van der Waals surface area contributed by atoms with Gasteiger partial charge in [0.1, 0.15) is 6.10 Å². The highest BCUT2D eigenvalue weighted by Crippen LogP contribution is 2.19. The second-order valence-electron chi connectivity index (χ2n) is 21.6. The summed E-state index contributed by atoms with van der Waals surface area (Å²) in [7, 11) is 0. The topological polar surface area (TPSA) is 89.8 Å². The zero-order valence-electron chi connectivity index (χ0n) is 45.4. The summed E-state index contributed by atoms with van der Waals surface area (Å²) in [5.74, 6) is -0.460. The second-order valence-corrected chi connectivity index (χ2v) is 21.6. The summed E-state index contributed by atoms with van der Waals surface area (Å²) in [4.78, 5) is 12.6. The fraction of sp³-hybridized carbons (Fsp3) is 0.984. The molecule has 0 radical (unpaired) electrons. The molecule has 3 atom stereocenters. The Morgan fingerprint density at radius 3 is 0.682 bits per heavy atom. The summed E-state index contributed by atoms with van der Waals surface area (Å²) in [6, 6.07) is -0.708. The first-order valence-electron chi connectivity index (χ1n) is 30.8. The molecule has 396 valence electrons. The van der Waals surface area contributed by atoms with Crippen molar-refractivity contribution in [3.63, 3.8) is 0 Å². The van der Waals surface area contributed by atoms with Crippen LogP contribution in [-0.2, 0) is 4.79 Å². The van der Waals surface area contributed by atoms with Gasteiger partial charge in [0.25, 0.3) is 0 Å². The molecule has 0 aliphatic carbocycles. The average molecular weight is 935 g/mol. The van der Waals surface area contributed by atoms with Gasteiger partial charge >= 0.3 is 0 Å². The molecule has 0 spiro atoms. The van der Waals surface area contributed by atoms with Crippen LogP contribution in [0.15, 0.2) is 0 Å². The van der Waals surface area contributed by atoms with Crippen LogP contribution in [0.1, 0.15) is 361 Å². The van der Waals surface area contributed by atoms with Gasteiger partial charge < -0.3 is 20.6 Å². The van der Waals surface area contributed by atoms with E-state index in [4.69, 9.17) is 0 Å². The average Bonchev–Trinajstić information content (AvgIpc) is 3.32. The summed E-state index contributed by atoms with van der Waals surface area (Å²) in [6.07, 6.45) is 70.3. The van der Waals surface area contributed by atoms with E-state index in [0.717, 1.165) is 32.1 Å². The molecular formula is C61H123NO4. The lowest BCUT2D eigenvalue weighted by atomic mass is 10.0. The van der Waals surface area contributed by atoms with Crippen LogP contribution in [0, 0.1) is 0 Å². The van der Waals surface area contributed by atoms with E-state index in [1.54, 1.807) is 0 Å². The van der Waals surface area contributed by atoms with Crippen LogP contribution in [0.25, 0.3) is 0 Å². The lowest BCUT2D eigenvalue weighted by Gasteiger charge is -2.23. The predicted molar refractivity (Wildman–Crippen MR) is 292 cm³/mol. The van der Waals surface area contributed by atoms with E-state index in [-0.39, 0.29) is 6.61 Å². The predicted octanol–water partition coefficient (Wildman–Crippen LogP) is 19.3. The van der Waals surface area contributed by atoms with E-state index in [1.807, 2.05) is 0 Å². The van der Waals surface area contributed by atoms with Crippen molar-refractivity contribution in [3.05, 3.63) is 0 Å². The Hall–Kier alpha value is -0.650. The minimum absolute atomic E-state index is 0.307. The zero-order chi connectivity index (χ0) is 47.9. The summed E-state index contributed by atoms with van der Waals surface area (Å²) in [6.45, 7) is 4.29. The standard InChI is InChI=1S/C61H123NO4/c1-3-5-7-9-11-13-15-17-19-21-23-25-27-28-29-30-31-32-34-36-38-40-42-44-46-48-50-52-54-56-60(65)61(66)62-58(57-63)59(64)55-53-51-49-47-45-43-41-39-37-35-33-26-24-22-20-18-16-14-12-10-8-6-4-2/h58-60,63-65H,3-57H2,1-2H3,(H,62,66). The van der Waals surface area contributed by atoms with Gasteiger partial charge in [-0.1, -0.05) is 348 Å². The number of unbranched alkanes of at least 4 members (excludes halogenated alkanes) is 50. The van der Waals surface area contributed by atoms with Crippen LogP contribution in [0.2, 0.25) is 0 Å². The third kappa shape index (κ3) is 51.2. The highest BCUT2D eigenvalue weighted by atomic mass is 16.3. The quantitative estimate of drug-likeness (QED) is 0.0458. The van der Waals surface area contributed by atoms with Crippen LogP contribution in [0.5, 0.6) is 0 Å². The van der Waals surface area contributed by atoms with Crippen molar-refractivity contribution in [1.82, 2.24) is 5.32 Å². The maximum Gasteiger partial charge on any atom is 0.249 e. The lowest BCUT2D eigenvalue weighted by Crippen LogP contribution is -2.49. The first-order chi connectivity index (χ1) is 32.6. The molecular weight excluding hydrogens is 811 g/mol. The number of carbonyl (C=O) groups excluding carboxylic acids is 1. The van der Waals surface area contributed by atoms with Gasteiger partial charge in [-0.15, -0.1) is 0 Å². The molecule has 66 heavy (non-hydrogen) atoms. The van der Waals surface area contributed by atoms with Crippen LogP contribution < -0.4 is 5.32 Å². The normalized spacial score (nSPS) is 13.1. The van der Waals surface area contributed by atoms with Gasteiger partial charge in [-0.25, -0.2) is 0 Å². The number of aliphatic hydroxyl groups excluding tert-OH is 3. The van der Waals surface area contributed by atoms with Crippen molar-refractivity contribution in [3.8, 4) is 0 Å². The number of hydrogen-bond donors (Lipinski definition) is 4. The van der Waals surface area contributed by atoms with Crippen molar-refractivity contribution in [2.24, 2.45) is 0 Å². The highest BCUT2D eigenvalue weighted by molar-refractivity contribution is 5.80. The molecule has 5 heteroatoms. The summed E-state index contributed by atoms with van der Waals surface area (Å²) in [5, 5.41) is 33.6. The third-order valence-electron chi connectivity index (χ3n) is 15.0. The van der Waals surface area contributed by atoms with Crippen LogP contribution in [0.3, 0.4) is 0 Å². The third-order valence-corrected chi connectivity index (χ3v) is 15.0. The van der Waals surface area contributed by atoms with Gasteiger partial charge in [0, 0.05) is 0 Å². The number of hydrogen-bond acceptors (Lipinski definition) is 4. The summed E-state index contributed by atoms with van der Waals surface area (Å²) >= 11 is 0. The SMILES string of the molecule is CCCCCCCCCCCCCCCCCCCCCCCCCCCCCCCC(O)C(=O)NC(CO)C(O)CCCCCCCCCCCCCCCCCCCCCCCCC. The Morgan fingerprint density at radius 2 is 0.485 bits per heavy atom. The molecule has 0 saturated carbocycles. The van der Waals surface area contributed by atoms with Crippen molar-refractivity contribution in [2.45, 2.75) is 379 Å². The number of carbonyl (C=O) groups is 1. The largest absolute Gasteiger partial charge is 0.394 e. The molecule has 0 aromatic rings. The molecule has 3 unspecified atom stereocenters. The number of rotatable bonds is 58. The highest BCUT2D eigenvalue weighted by Gasteiger charge is 2.23. The van der Waals surface area contributed by atoms with Crippen LogP contribution in [0.4, 0.5) is 0 Å². The molecule has 0 rings (SSSR count). The van der Waals surface area contributed by atoms with Crippen molar-refractivity contribution in [2.75, 3.05) is 6.61 Å². The first-order valence-corrected chi connectivity index (χ1v) is 30.8. The number of amides is 1. The van der Waals surface area contributed by atoms with Crippen molar-refractivity contribution in [1.29, 1.82) is 0 Å². The van der Waals surface area contributed by atoms with Gasteiger partial charge in [0.2, 0.25) is 5.91 Å². The fourth-order valence-corrected chi connectivity index (χ4v) is 10.2.